The number of rotatable bonds is 8. The predicted octanol–water partition coefficient (Wildman–Crippen LogP) is 0.935. The molecule has 0 saturated carbocycles. The normalized spacial score (nSPS) is 18.1. The van der Waals surface area contributed by atoms with Crippen molar-refractivity contribution in [3.8, 4) is 0 Å². The second kappa shape index (κ2) is 10.0. The summed E-state index contributed by atoms with van der Waals surface area (Å²) < 4.78 is 26.5. The minimum Gasteiger partial charge on any atom is -0.357 e. The van der Waals surface area contributed by atoms with Gasteiger partial charge in [0.1, 0.15) is 4.21 Å². The summed E-state index contributed by atoms with van der Waals surface area (Å²) in [4.78, 5) is 18.2. The van der Waals surface area contributed by atoms with Gasteiger partial charge in [-0.05, 0) is 24.8 Å². The molecule has 2 N–H and O–H groups in total. The smallest absolute Gasteiger partial charge is 0.252 e. The van der Waals surface area contributed by atoms with Crippen LogP contribution >= 0.6 is 11.3 Å². The second-order valence-electron chi connectivity index (χ2n) is 6.34. The van der Waals surface area contributed by atoms with Gasteiger partial charge < -0.3 is 15.5 Å². The van der Waals surface area contributed by atoms with Gasteiger partial charge in [0.05, 0.1) is 6.54 Å². The Morgan fingerprint density at radius 2 is 2.22 bits per heavy atom. The lowest BCUT2D eigenvalue weighted by Crippen LogP contribution is -2.45. The number of hydrogen-bond acceptors (Lipinski definition) is 5. The zero-order valence-electron chi connectivity index (χ0n) is 16.1. The molecule has 8 nitrogen and oxygen atoms in total. The van der Waals surface area contributed by atoms with Crippen LogP contribution < -0.4 is 10.6 Å². The van der Waals surface area contributed by atoms with E-state index >= 15 is 0 Å². The molecule has 1 aromatic heterocycles. The molecular weight excluding hydrogens is 386 g/mol. The maximum absolute atomic E-state index is 12.4. The third kappa shape index (κ3) is 5.91. The van der Waals surface area contributed by atoms with Gasteiger partial charge >= 0.3 is 0 Å². The van der Waals surface area contributed by atoms with E-state index < -0.39 is 10.0 Å². The summed E-state index contributed by atoms with van der Waals surface area (Å²) in [6.07, 6.45) is 1.40. The average molecular weight is 416 g/mol. The summed E-state index contributed by atoms with van der Waals surface area (Å²) in [7, 11) is -1.88. The van der Waals surface area contributed by atoms with Crippen LogP contribution in [-0.4, -0.2) is 75.3 Å². The second-order valence-corrected chi connectivity index (χ2v) is 9.56. The molecule has 0 radical (unpaired) electrons. The fourth-order valence-corrected chi connectivity index (χ4v) is 5.19. The molecule has 1 aliphatic rings. The van der Waals surface area contributed by atoms with Crippen molar-refractivity contribution >= 4 is 33.2 Å². The molecule has 2 heterocycles. The number of likely N-dealkylation sites (N-methyl/N-ethyl adjacent to an activating group) is 1. The van der Waals surface area contributed by atoms with Gasteiger partial charge in [0.25, 0.3) is 10.0 Å². The van der Waals surface area contributed by atoms with Crippen LogP contribution in [0.2, 0.25) is 0 Å². The van der Waals surface area contributed by atoms with Crippen LogP contribution in [0.25, 0.3) is 0 Å². The van der Waals surface area contributed by atoms with E-state index in [1.54, 1.807) is 24.6 Å². The minimum atomic E-state index is -3.45. The van der Waals surface area contributed by atoms with Crippen LogP contribution in [-0.2, 0) is 14.8 Å². The topological polar surface area (TPSA) is 94.1 Å². The van der Waals surface area contributed by atoms with Crippen molar-refractivity contribution in [2.24, 2.45) is 4.99 Å². The molecule has 1 amide bonds. The van der Waals surface area contributed by atoms with Crippen LogP contribution in [0.5, 0.6) is 0 Å². The molecule has 1 unspecified atom stereocenters. The number of guanidine groups is 1. The van der Waals surface area contributed by atoms with E-state index in [1.807, 2.05) is 18.7 Å². The van der Waals surface area contributed by atoms with Crippen molar-refractivity contribution in [1.82, 2.24) is 19.8 Å². The summed E-state index contributed by atoms with van der Waals surface area (Å²) in [5.74, 6) is 0.817. The molecule has 0 aliphatic carbocycles. The standard InChI is InChI=1S/C17H29N5O3S2/c1-4-15(23)22-10-8-14(13-22)20-17(18-5-2)19-9-11-21(3)27(24,25)16-7-6-12-26-16/h6-7,12,14H,4-5,8-11,13H2,1-3H3,(H2,18,19,20). The van der Waals surface area contributed by atoms with Crippen LogP contribution in [0.4, 0.5) is 0 Å². The van der Waals surface area contributed by atoms with Crippen LogP contribution in [0.1, 0.15) is 26.7 Å². The van der Waals surface area contributed by atoms with E-state index in [2.05, 4.69) is 15.6 Å². The quantitative estimate of drug-likeness (QED) is 0.487. The molecule has 1 fully saturated rings. The van der Waals surface area contributed by atoms with Crippen molar-refractivity contribution in [3.05, 3.63) is 17.5 Å². The molecule has 10 heteroatoms. The molecule has 27 heavy (non-hydrogen) atoms. The van der Waals surface area contributed by atoms with Crippen LogP contribution in [0, 0.1) is 0 Å². The lowest BCUT2D eigenvalue weighted by atomic mass is 10.3. The van der Waals surface area contributed by atoms with Gasteiger partial charge in [-0.1, -0.05) is 13.0 Å². The highest BCUT2D eigenvalue weighted by molar-refractivity contribution is 7.91. The molecule has 0 spiro atoms. The Morgan fingerprint density at radius 1 is 1.44 bits per heavy atom. The maximum atomic E-state index is 12.4. The summed E-state index contributed by atoms with van der Waals surface area (Å²) in [5, 5.41) is 8.27. The first-order valence-electron chi connectivity index (χ1n) is 9.21. The molecule has 1 atom stereocenters. The minimum absolute atomic E-state index is 0.158. The summed E-state index contributed by atoms with van der Waals surface area (Å²) >= 11 is 1.21. The fraction of sp³-hybridized carbons (Fsp3) is 0.647. The van der Waals surface area contributed by atoms with Crippen molar-refractivity contribution in [2.75, 3.05) is 39.8 Å². The largest absolute Gasteiger partial charge is 0.357 e. The third-order valence-electron chi connectivity index (χ3n) is 4.37. The van der Waals surface area contributed by atoms with Crippen molar-refractivity contribution in [2.45, 2.75) is 36.9 Å². The molecule has 1 aliphatic heterocycles. The molecule has 1 aromatic rings. The van der Waals surface area contributed by atoms with Crippen molar-refractivity contribution in [1.29, 1.82) is 0 Å². The Hall–Kier alpha value is -1.65. The number of nitrogens with one attached hydrogen (secondary N) is 2. The number of likely N-dealkylation sites (tertiary alicyclic amines) is 1. The molecule has 152 valence electrons. The number of sulfonamides is 1. The van der Waals surface area contributed by atoms with Gasteiger partial charge in [-0.15, -0.1) is 11.3 Å². The van der Waals surface area contributed by atoms with Gasteiger partial charge in [0.2, 0.25) is 5.91 Å². The summed E-state index contributed by atoms with van der Waals surface area (Å²) in [6.45, 7) is 6.62. The maximum Gasteiger partial charge on any atom is 0.252 e. The van der Waals surface area contributed by atoms with E-state index in [4.69, 9.17) is 0 Å². The van der Waals surface area contributed by atoms with Gasteiger partial charge in [0.15, 0.2) is 5.96 Å². The highest BCUT2D eigenvalue weighted by Crippen LogP contribution is 2.19. The first-order chi connectivity index (χ1) is 12.9. The fourth-order valence-electron chi connectivity index (χ4n) is 2.83. The van der Waals surface area contributed by atoms with E-state index in [0.29, 0.717) is 42.8 Å². The SMILES string of the molecule is CCNC(=NCCN(C)S(=O)(=O)c1cccs1)NC1CCN(C(=O)CC)C1. The average Bonchev–Trinajstić information content (AvgIpc) is 3.33. The third-order valence-corrected chi connectivity index (χ3v) is 7.60. The Bertz CT molecular complexity index is 734. The highest BCUT2D eigenvalue weighted by atomic mass is 32.2. The van der Waals surface area contributed by atoms with E-state index in [1.165, 1.54) is 15.6 Å². The lowest BCUT2D eigenvalue weighted by molar-refractivity contribution is -0.129. The zero-order chi connectivity index (χ0) is 19.9. The lowest BCUT2D eigenvalue weighted by Gasteiger charge is -2.19. The van der Waals surface area contributed by atoms with E-state index in [0.717, 1.165) is 13.0 Å². The first-order valence-corrected chi connectivity index (χ1v) is 11.5. The van der Waals surface area contributed by atoms with Crippen LogP contribution in [0.15, 0.2) is 26.7 Å². The van der Waals surface area contributed by atoms with Crippen LogP contribution in [0.3, 0.4) is 0 Å². The van der Waals surface area contributed by atoms with E-state index in [-0.39, 0.29) is 11.9 Å². The zero-order valence-corrected chi connectivity index (χ0v) is 17.8. The number of hydrogen-bond donors (Lipinski definition) is 2. The summed E-state index contributed by atoms with van der Waals surface area (Å²) in [5.41, 5.74) is 0. The summed E-state index contributed by atoms with van der Waals surface area (Å²) in [6, 6.07) is 3.49. The Balaban J connectivity index is 1.89. The van der Waals surface area contributed by atoms with Gasteiger partial charge in [0, 0.05) is 45.7 Å². The Morgan fingerprint density at radius 3 is 2.85 bits per heavy atom. The number of carbonyl (C=O) groups excluding carboxylic acids is 1. The van der Waals surface area contributed by atoms with Crippen molar-refractivity contribution in [3.63, 3.8) is 0 Å². The number of amides is 1. The number of carbonyl (C=O) groups is 1. The van der Waals surface area contributed by atoms with Crippen molar-refractivity contribution < 1.29 is 13.2 Å². The van der Waals surface area contributed by atoms with Gasteiger partial charge in [-0.3, -0.25) is 9.79 Å². The predicted molar refractivity (Wildman–Crippen MR) is 109 cm³/mol. The molecule has 0 bridgehead atoms. The monoisotopic (exact) mass is 415 g/mol. The number of thiophene rings is 1. The molecular formula is C17H29N5O3S2. The van der Waals surface area contributed by atoms with Gasteiger partial charge in [-0.2, -0.15) is 4.31 Å². The molecule has 0 aromatic carbocycles. The van der Waals surface area contributed by atoms with E-state index in [9.17, 15) is 13.2 Å². The molecule has 2 rings (SSSR count). The van der Waals surface area contributed by atoms with Gasteiger partial charge in [-0.25, -0.2) is 8.42 Å². The Labute approximate surface area is 165 Å². The highest BCUT2D eigenvalue weighted by Gasteiger charge is 2.26. The molecule has 1 saturated heterocycles. The Kier molecular flexibility index (Phi) is 8.06. The number of nitrogens with zero attached hydrogens (tertiary/aromatic N) is 3. The first kappa shape index (κ1) is 21.6. The number of aliphatic imine (C=N–C) groups is 1.